The maximum atomic E-state index is 5.95. The third-order valence-electron chi connectivity index (χ3n) is 3.18. The lowest BCUT2D eigenvalue weighted by atomic mass is 10.1. The first-order valence-corrected chi connectivity index (χ1v) is 5.96. The average molecular weight is 220 g/mol. The first kappa shape index (κ1) is 11.3. The average Bonchev–Trinajstić information content (AvgIpc) is 2.63. The number of hydrogen-bond donors (Lipinski definition) is 1. The quantitative estimate of drug-likeness (QED) is 0.813. The number of nitrogens with two attached hydrogens (primary N) is 1. The molecule has 0 aliphatic carbocycles. The number of rotatable bonds is 2. The highest BCUT2D eigenvalue weighted by Gasteiger charge is 2.23. The highest BCUT2D eigenvalue weighted by Crippen LogP contribution is 2.24. The summed E-state index contributed by atoms with van der Waals surface area (Å²) in [6.45, 7) is 8.10. The van der Waals surface area contributed by atoms with E-state index in [0.29, 0.717) is 6.04 Å². The van der Waals surface area contributed by atoms with E-state index in [0.717, 1.165) is 43.3 Å². The van der Waals surface area contributed by atoms with E-state index >= 15 is 0 Å². The van der Waals surface area contributed by atoms with Crippen molar-refractivity contribution in [1.82, 2.24) is 9.97 Å². The van der Waals surface area contributed by atoms with Gasteiger partial charge in [0.15, 0.2) is 0 Å². The summed E-state index contributed by atoms with van der Waals surface area (Å²) in [5.74, 6) is 1.95. The highest BCUT2D eigenvalue weighted by molar-refractivity contribution is 5.50. The zero-order chi connectivity index (χ0) is 11.7. The van der Waals surface area contributed by atoms with Crippen LogP contribution in [0, 0.1) is 13.8 Å². The Hall–Kier alpha value is -1.16. The number of anilines is 1. The van der Waals surface area contributed by atoms with Gasteiger partial charge in [0, 0.05) is 30.4 Å². The Morgan fingerprint density at radius 2 is 2.12 bits per heavy atom. The first-order chi connectivity index (χ1) is 7.61. The van der Waals surface area contributed by atoms with E-state index in [2.05, 4.69) is 28.7 Å². The van der Waals surface area contributed by atoms with Gasteiger partial charge in [-0.25, -0.2) is 9.97 Å². The summed E-state index contributed by atoms with van der Waals surface area (Å²) in [5, 5.41) is 0. The predicted octanol–water partition coefficient (Wildman–Crippen LogP) is 1.19. The normalized spacial score (nSPS) is 20.5. The molecule has 0 amide bonds. The van der Waals surface area contributed by atoms with E-state index in [4.69, 9.17) is 5.73 Å². The number of nitrogens with zero attached hydrogens (tertiary/aromatic N) is 3. The van der Waals surface area contributed by atoms with E-state index < -0.39 is 0 Å². The van der Waals surface area contributed by atoms with Gasteiger partial charge >= 0.3 is 0 Å². The van der Waals surface area contributed by atoms with Crippen LogP contribution in [-0.4, -0.2) is 29.1 Å². The van der Waals surface area contributed by atoms with E-state index in [1.807, 2.05) is 6.92 Å². The second-order valence-corrected chi connectivity index (χ2v) is 4.51. The van der Waals surface area contributed by atoms with Crippen molar-refractivity contribution in [3.05, 3.63) is 17.1 Å². The standard InChI is InChI=1S/C12H20N4/c1-4-11-8(2)14-9(3)15-12(11)16-6-5-10(13)7-16/h10H,4-7,13H2,1-3H3. The minimum Gasteiger partial charge on any atom is -0.355 e. The monoisotopic (exact) mass is 220 g/mol. The molecule has 0 spiro atoms. The second-order valence-electron chi connectivity index (χ2n) is 4.51. The van der Waals surface area contributed by atoms with Gasteiger partial charge in [-0.05, 0) is 26.7 Å². The third-order valence-corrected chi connectivity index (χ3v) is 3.18. The fourth-order valence-corrected chi connectivity index (χ4v) is 2.37. The van der Waals surface area contributed by atoms with Gasteiger partial charge in [-0.15, -0.1) is 0 Å². The molecule has 0 radical (unpaired) electrons. The molecule has 2 N–H and O–H groups in total. The minimum atomic E-state index is 0.292. The zero-order valence-electron chi connectivity index (χ0n) is 10.3. The molecule has 1 atom stereocenters. The number of aryl methyl sites for hydroxylation is 2. The van der Waals surface area contributed by atoms with Gasteiger partial charge in [0.2, 0.25) is 0 Å². The van der Waals surface area contributed by atoms with Crippen LogP contribution in [0.2, 0.25) is 0 Å². The molecule has 4 heteroatoms. The van der Waals surface area contributed by atoms with E-state index in [-0.39, 0.29) is 0 Å². The van der Waals surface area contributed by atoms with Crippen LogP contribution in [0.3, 0.4) is 0 Å². The largest absolute Gasteiger partial charge is 0.355 e. The molecule has 88 valence electrons. The summed E-state index contributed by atoms with van der Waals surface area (Å²) in [5.41, 5.74) is 8.31. The molecule has 1 unspecified atom stereocenters. The molecule has 1 aliphatic rings. The fraction of sp³-hybridized carbons (Fsp3) is 0.667. The number of hydrogen-bond acceptors (Lipinski definition) is 4. The van der Waals surface area contributed by atoms with Crippen LogP contribution < -0.4 is 10.6 Å². The lowest BCUT2D eigenvalue weighted by Gasteiger charge is -2.21. The predicted molar refractivity (Wildman–Crippen MR) is 65.7 cm³/mol. The Morgan fingerprint density at radius 1 is 1.38 bits per heavy atom. The van der Waals surface area contributed by atoms with Gasteiger partial charge in [-0.1, -0.05) is 6.92 Å². The Balaban J connectivity index is 2.38. The van der Waals surface area contributed by atoms with Crippen LogP contribution in [-0.2, 0) is 6.42 Å². The zero-order valence-corrected chi connectivity index (χ0v) is 10.3. The lowest BCUT2D eigenvalue weighted by Crippen LogP contribution is -2.28. The molecular formula is C12H20N4. The van der Waals surface area contributed by atoms with Crippen molar-refractivity contribution in [2.24, 2.45) is 5.73 Å². The SMILES string of the molecule is CCc1c(C)nc(C)nc1N1CCC(N)C1. The highest BCUT2D eigenvalue weighted by atomic mass is 15.2. The maximum Gasteiger partial charge on any atom is 0.135 e. The smallest absolute Gasteiger partial charge is 0.135 e. The topological polar surface area (TPSA) is 55.0 Å². The Kier molecular flexibility index (Phi) is 3.10. The molecule has 0 aromatic carbocycles. The van der Waals surface area contributed by atoms with Crippen molar-refractivity contribution in [3.63, 3.8) is 0 Å². The van der Waals surface area contributed by atoms with Crippen LogP contribution in [0.4, 0.5) is 5.82 Å². The van der Waals surface area contributed by atoms with Gasteiger partial charge in [0.05, 0.1) is 0 Å². The molecule has 0 saturated carbocycles. The molecule has 1 fully saturated rings. The Labute approximate surface area is 96.9 Å². The van der Waals surface area contributed by atoms with Gasteiger partial charge in [-0.2, -0.15) is 0 Å². The van der Waals surface area contributed by atoms with Gasteiger partial charge < -0.3 is 10.6 Å². The molecular weight excluding hydrogens is 200 g/mol. The molecule has 2 rings (SSSR count). The van der Waals surface area contributed by atoms with Crippen molar-refractivity contribution in [1.29, 1.82) is 0 Å². The van der Waals surface area contributed by atoms with Crippen molar-refractivity contribution >= 4 is 5.82 Å². The van der Waals surface area contributed by atoms with E-state index in [9.17, 15) is 0 Å². The van der Waals surface area contributed by atoms with Crippen LogP contribution in [0.5, 0.6) is 0 Å². The summed E-state index contributed by atoms with van der Waals surface area (Å²) >= 11 is 0. The Morgan fingerprint density at radius 3 is 2.69 bits per heavy atom. The lowest BCUT2D eigenvalue weighted by molar-refractivity contribution is 0.750. The first-order valence-electron chi connectivity index (χ1n) is 5.96. The summed E-state index contributed by atoms with van der Waals surface area (Å²) in [6, 6.07) is 0.292. The van der Waals surface area contributed by atoms with Crippen molar-refractivity contribution < 1.29 is 0 Å². The summed E-state index contributed by atoms with van der Waals surface area (Å²) in [4.78, 5) is 11.3. The van der Waals surface area contributed by atoms with Crippen LogP contribution in [0.25, 0.3) is 0 Å². The van der Waals surface area contributed by atoms with Crippen molar-refractivity contribution in [3.8, 4) is 0 Å². The summed E-state index contributed by atoms with van der Waals surface area (Å²) in [7, 11) is 0. The molecule has 1 aromatic rings. The Bertz CT molecular complexity index is 389. The van der Waals surface area contributed by atoms with E-state index in [1.54, 1.807) is 0 Å². The van der Waals surface area contributed by atoms with Crippen LogP contribution in [0.1, 0.15) is 30.4 Å². The number of aromatic nitrogens is 2. The van der Waals surface area contributed by atoms with Crippen LogP contribution in [0.15, 0.2) is 0 Å². The molecule has 16 heavy (non-hydrogen) atoms. The molecule has 0 bridgehead atoms. The van der Waals surface area contributed by atoms with Gasteiger partial charge in [0.25, 0.3) is 0 Å². The molecule has 2 heterocycles. The minimum absolute atomic E-state index is 0.292. The van der Waals surface area contributed by atoms with E-state index in [1.165, 1.54) is 5.56 Å². The molecule has 1 aliphatic heterocycles. The third kappa shape index (κ3) is 2.02. The second kappa shape index (κ2) is 4.37. The van der Waals surface area contributed by atoms with Crippen molar-refractivity contribution in [2.75, 3.05) is 18.0 Å². The molecule has 4 nitrogen and oxygen atoms in total. The van der Waals surface area contributed by atoms with Gasteiger partial charge in [0.1, 0.15) is 11.6 Å². The van der Waals surface area contributed by atoms with Crippen molar-refractivity contribution in [2.45, 2.75) is 39.7 Å². The summed E-state index contributed by atoms with van der Waals surface area (Å²) in [6.07, 6.45) is 2.04. The maximum absolute atomic E-state index is 5.95. The molecule has 1 aromatic heterocycles. The van der Waals surface area contributed by atoms with Gasteiger partial charge in [-0.3, -0.25) is 0 Å². The fourth-order valence-electron chi connectivity index (χ4n) is 2.37. The summed E-state index contributed by atoms with van der Waals surface area (Å²) < 4.78 is 0. The van der Waals surface area contributed by atoms with Crippen LogP contribution >= 0.6 is 0 Å². The molecule has 1 saturated heterocycles.